The van der Waals surface area contributed by atoms with Crippen LogP contribution in [0.2, 0.25) is 0 Å². The number of halogens is 2. The lowest BCUT2D eigenvalue weighted by atomic mass is 9.92. The maximum atomic E-state index is 13.1. The fourth-order valence-corrected chi connectivity index (χ4v) is 2.72. The molecule has 1 N–H and O–H groups in total. The molecule has 0 saturated carbocycles. The largest absolute Gasteiger partial charge is 0.481 e. The second kappa shape index (κ2) is 6.79. The van der Waals surface area contributed by atoms with Gasteiger partial charge in [-0.1, -0.05) is 0 Å². The van der Waals surface area contributed by atoms with Gasteiger partial charge in [0.25, 0.3) is 0 Å². The lowest BCUT2D eigenvalue weighted by molar-refractivity contribution is -0.137. The van der Waals surface area contributed by atoms with Crippen molar-refractivity contribution in [1.29, 1.82) is 0 Å². The molecule has 2 rings (SSSR count). The summed E-state index contributed by atoms with van der Waals surface area (Å²) in [6.07, 6.45) is 2.84. The van der Waals surface area contributed by atoms with Gasteiger partial charge in [-0.3, -0.25) is 9.69 Å². The number of nitrogens with zero attached hydrogens (tertiary/aromatic N) is 1. The highest BCUT2D eigenvalue weighted by atomic mass is 19.1. The van der Waals surface area contributed by atoms with Gasteiger partial charge in [0, 0.05) is 19.0 Å². The molecule has 0 radical (unpaired) electrons. The zero-order chi connectivity index (χ0) is 14.5. The second-order valence-electron chi connectivity index (χ2n) is 5.43. The molecule has 0 bridgehead atoms. The summed E-state index contributed by atoms with van der Waals surface area (Å²) in [4.78, 5) is 12.7. The van der Waals surface area contributed by atoms with Gasteiger partial charge in [-0.05, 0) is 56.0 Å². The predicted octanol–water partition coefficient (Wildman–Crippen LogP) is 3.04. The molecule has 110 valence electrons. The number of benzene rings is 1. The van der Waals surface area contributed by atoms with Gasteiger partial charge >= 0.3 is 5.97 Å². The van der Waals surface area contributed by atoms with Gasteiger partial charge in [0.1, 0.15) is 11.6 Å². The molecule has 1 heterocycles. The average Bonchev–Trinajstić information content (AvgIpc) is 2.36. The number of carboxylic acid groups (broad SMARTS) is 1. The van der Waals surface area contributed by atoms with Crippen LogP contribution in [0, 0.1) is 17.6 Å². The zero-order valence-corrected chi connectivity index (χ0v) is 11.3. The van der Waals surface area contributed by atoms with E-state index in [0.717, 1.165) is 38.4 Å². The van der Waals surface area contributed by atoms with Crippen molar-refractivity contribution in [2.45, 2.75) is 32.2 Å². The fraction of sp³-hybridized carbons (Fsp3) is 0.533. The third kappa shape index (κ3) is 4.56. The molecule has 0 amide bonds. The van der Waals surface area contributed by atoms with Crippen molar-refractivity contribution in [2.24, 2.45) is 5.92 Å². The van der Waals surface area contributed by atoms with Crippen molar-refractivity contribution >= 4 is 5.97 Å². The van der Waals surface area contributed by atoms with Crippen molar-refractivity contribution in [3.8, 4) is 0 Å². The van der Waals surface area contributed by atoms with Gasteiger partial charge in [0.15, 0.2) is 0 Å². The Morgan fingerprint density at radius 1 is 1.20 bits per heavy atom. The fourth-order valence-electron chi connectivity index (χ4n) is 2.72. The lowest BCUT2D eigenvalue weighted by Crippen LogP contribution is -2.33. The Bertz CT molecular complexity index is 451. The van der Waals surface area contributed by atoms with Crippen molar-refractivity contribution < 1.29 is 18.7 Å². The van der Waals surface area contributed by atoms with E-state index in [0.29, 0.717) is 18.0 Å². The van der Waals surface area contributed by atoms with E-state index in [1.54, 1.807) is 0 Å². The Kier molecular flexibility index (Phi) is 5.06. The van der Waals surface area contributed by atoms with E-state index in [2.05, 4.69) is 4.90 Å². The first-order valence-electron chi connectivity index (χ1n) is 6.92. The molecule has 1 aromatic rings. The van der Waals surface area contributed by atoms with Crippen LogP contribution in [0.3, 0.4) is 0 Å². The van der Waals surface area contributed by atoms with Crippen LogP contribution < -0.4 is 0 Å². The Balaban J connectivity index is 1.80. The number of likely N-dealkylation sites (tertiary alicyclic amines) is 1. The van der Waals surface area contributed by atoms with Gasteiger partial charge in [-0.15, -0.1) is 0 Å². The smallest absolute Gasteiger partial charge is 0.303 e. The molecule has 20 heavy (non-hydrogen) atoms. The van der Waals surface area contributed by atoms with Crippen molar-refractivity contribution in [3.63, 3.8) is 0 Å². The minimum Gasteiger partial charge on any atom is -0.481 e. The van der Waals surface area contributed by atoms with Gasteiger partial charge < -0.3 is 5.11 Å². The average molecular weight is 283 g/mol. The Morgan fingerprint density at radius 3 is 2.35 bits per heavy atom. The predicted molar refractivity (Wildman–Crippen MR) is 71.2 cm³/mol. The van der Waals surface area contributed by atoms with Crippen LogP contribution in [0.1, 0.15) is 31.2 Å². The molecule has 0 unspecified atom stereocenters. The molecule has 0 atom stereocenters. The van der Waals surface area contributed by atoms with E-state index in [9.17, 15) is 13.6 Å². The quantitative estimate of drug-likeness (QED) is 0.903. The van der Waals surface area contributed by atoms with E-state index in [1.165, 1.54) is 12.1 Å². The molecule has 0 aromatic heterocycles. The molecular formula is C15H19F2NO2. The summed E-state index contributed by atoms with van der Waals surface area (Å²) in [5.74, 6) is -1.39. The van der Waals surface area contributed by atoms with Gasteiger partial charge in [0.05, 0.1) is 0 Å². The van der Waals surface area contributed by atoms with E-state index in [4.69, 9.17) is 5.11 Å². The molecular weight excluding hydrogens is 264 g/mol. The first-order chi connectivity index (χ1) is 9.52. The standard InChI is InChI=1S/C15H19F2NO2/c16-13-7-12(8-14(17)9-13)10-18-5-3-11(4-6-18)1-2-15(19)20/h7-9,11H,1-6,10H2,(H,19,20). The minimum atomic E-state index is -0.748. The number of rotatable bonds is 5. The molecule has 1 fully saturated rings. The van der Waals surface area contributed by atoms with E-state index >= 15 is 0 Å². The first-order valence-corrected chi connectivity index (χ1v) is 6.92. The SMILES string of the molecule is O=C(O)CCC1CCN(Cc2cc(F)cc(F)c2)CC1. The van der Waals surface area contributed by atoms with Crippen LogP contribution in [-0.2, 0) is 11.3 Å². The summed E-state index contributed by atoms with van der Waals surface area (Å²) < 4.78 is 26.2. The van der Waals surface area contributed by atoms with Crippen LogP contribution in [0.25, 0.3) is 0 Å². The normalized spacial score (nSPS) is 17.3. The third-order valence-corrected chi connectivity index (χ3v) is 3.80. The molecule has 1 saturated heterocycles. The minimum absolute atomic E-state index is 0.222. The number of hydrogen-bond donors (Lipinski definition) is 1. The van der Waals surface area contributed by atoms with Crippen LogP contribution in [0.4, 0.5) is 8.78 Å². The zero-order valence-electron chi connectivity index (χ0n) is 11.3. The maximum Gasteiger partial charge on any atom is 0.303 e. The molecule has 1 aliphatic heterocycles. The molecule has 0 aliphatic carbocycles. The van der Waals surface area contributed by atoms with Crippen LogP contribution >= 0.6 is 0 Å². The topological polar surface area (TPSA) is 40.5 Å². The van der Waals surface area contributed by atoms with Crippen LogP contribution in [-0.4, -0.2) is 29.1 Å². The summed E-state index contributed by atoms with van der Waals surface area (Å²) in [6, 6.07) is 3.60. The summed E-state index contributed by atoms with van der Waals surface area (Å²) >= 11 is 0. The molecule has 3 nitrogen and oxygen atoms in total. The Hall–Kier alpha value is -1.49. The monoisotopic (exact) mass is 283 g/mol. The maximum absolute atomic E-state index is 13.1. The van der Waals surface area contributed by atoms with Crippen LogP contribution in [0.5, 0.6) is 0 Å². The van der Waals surface area contributed by atoms with E-state index in [-0.39, 0.29) is 6.42 Å². The number of carbonyl (C=O) groups is 1. The van der Waals surface area contributed by atoms with E-state index < -0.39 is 17.6 Å². The highest BCUT2D eigenvalue weighted by Crippen LogP contribution is 2.23. The second-order valence-corrected chi connectivity index (χ2v) is 5.43. The summed E-state index contributed by atoms with van der Waals surface area (Å²) in [7, 11) is 0. The first kappa shape index (κ1) is 14.9. The summed E-state index contributed by atoms with van der Waals surface area (Å²) in [6.45, 7) is 2.24. The van der Waals surface area contributed by atoms with Crippen molar-refractivity contribution in [2.75, 3.05) is 13.1 Å². The summed E-state index contributed by atoms with van der Waals surface area (Å²) in [5.41, 5.74) is 0.645. The molecule has 0 spiro atoms. The van der Waals surface area contributed by atoms with Gasteiger partial charge in [0.2, 0.25) is 0 Å². The Labute approximate surface area is 117 Å². The lowest BCUT2D eigenvalue weighted by Gasteiger charge is -2.31. The molecule has 1 aliphatic rings. The number of hydrogen-bond acceptors (Lipinski definition) is 2. The van der Waals surface area contributed by atoms with Gasteiger partial charge in [-0.2, -0.15) is 0 Å². The van der Waals surface area contributed by atoms with Crippen molar-refractivity contribution in [3.05, 3.63) is 35.4 Å². The number of aliphatic carboxylic acids is 1. The number of piperidine rings is 1. The van der Waals surface area contributed by atoms with Gasteiger partial charge in [-0.25, -0.2) is 8.78 Å². The Morgan fingerprint density at radius 2 is 1.80 bits per heavy atom. The highest BCUT2D eigenvalue weighted by molar-refractivity contribution is 5.66. The van der Waals surface area contributed by atoms with Crippen LogP contribution in [0.15, 0.2) is 18.2 Å². The third-order valence-electron chi connectivity index (χ3n) is 3.80. The number of carboxylic acids is 1. The van der Waals surface area contributed by atoms with E-state index in [1.807, 2.05) is 0 Å². The summed E-state index contributed by atoms with van der Waals surface area (Å²) in [5, 5.41) is 8.66. The molecule has 1 aromatic carbocycles. The van der Waals surface area contributed by atoms with Crippen molar-refractivity contribution in [1.82, 2.24) is 4.90 Å². The highest BCUT2D eigenvalue weighted by Gasteiger charge is 2.20. The molecule has 5 heteroatoms.